The van der Waals surface area contributed by atoms with Crippen LogP contribution >= 0.6 is 0 Å². The maximum atomic E-state index is 11.9. The Balaban J connectivity index is 1.64. The number of rotatable bonds is 1. The molecule has 4 rings (SSSR count). The first-order valence-electron chi connectivity index (χ1n) is 9.10. The van der Waals surface area contributed by atoms with E-state index in [-0.39, 0.29) is 10.8 Å². The van der Waals surface area contributed by atoms with Gasteiger partial charge in [0.2, 0.25) is 0 Å². The third-order valence-electron chi connectivity index (χ3n) is 8.18. The van der Waals surface area contributed by atoms with Crippen LogP contribution in [-0.4, -0.2) is 11.6 Å². The van der Waals surface area contributed by atoms with Crippen LogP contribution in [0.4, 0.5) is 0 Å². The predicted molar refractivity (Wildman–Crippen MR) is 86.3 cm³/mol. The van der Waals surface area contributed by atoms with E-state index < -0.39 is 0 Å². The highest BCUT2D eigenvalue weighted by Crippen LogP contribution is 2.68. The molecule has 0 saturated heterocycles. The van der Waals surface area contributed by atoms with Gasteiger partial charge in [-0.3, -0.25) is 9.59 Å². The summed E-state index contributed by atoms with van der Waals surface area (Å²) in [4.78, 5) is 23.7. The molecule has 0 aromatic rings. The van der Waals surface area contributed by atoms with Crippen LogP contribution in [0.25, 0.3) is 0 Å². The molecule has 0 aromatic heterocycles. The van der Waals surface area contributed by atoms with E-state index in [0.717, 1.165) is 43.4 Å². The van der Waals surface area contributed by atoms with E-state index in [1.807, 2.05) is 6.08 Å². The van der Waals surface area contributed by atoms with Crippen LogP contribution < -0.4 is 0 Å². The second-order valence-electron chi connectivity index (χ2n) is 8.91. The molecule has 0 aromatic carbocycles. The van der Waals surface area contributed by atoms with Gasteiger partial charge in [0, 0.05) is 12.3 Å². The van der Waals surface area contributed by atoms with Crippen molar-refractivity contribution in [3.63, 3.8) is 0 Å². The van der Waals surface area contributed by atoms with E-state index in [1.54, 1.807) is 6.92 Å². The Labute approximate surface area is 133 Å². The summed E-state index contributed by atoms with van der Waals surface area (Å²) in [5.74, 6) is 3.33. The Kier molecular flexibility index (Phi) is 3.03. The van der Waals surface area contributed by atoms with Gasteiger partial charge in [-0.25, -0.2) is 0 Å². The van der Waals surface area contributed by atoms with Gasteiger partial charge in [-0.1, -0.05) is 19.4 Å². The molecule has 2 nitrogen and oxygen atoms in total. The van der Waals surface area contributed by atoms with Gasteiger partial charge in [0.1, 0.15) is 5.78 Å². The Morgan fingerprint density at radius 3 is 2.64 bits per heavy atom. The summed E-state index contributed by atoms with van der Waals surface area (Å²) >= 11 is 0. The highest BCUT2D eigenvalue weighted by Gasteiger charge is 2.62. The van der Waals surface area contributed by atoms with Crippen molar-refractivity contribution in [2.45, 2.75) is 65.7 Å². The van der Waals surface area contributed by atoms with E-state index in [0.29, 0.717) is 17.5 Å². The maximum absolute atomic E-state index is 11.9. The van der Waals surface area contributed by atoms with Gasteiger partial charge in [0.05, 0.1) is 0 Å². The quantitative estimate of drug-likeness (QED) is 0.722. The number of carbonyl (C=O) groups excluding carboxylic acids is 2. The molecule has 6 atom stereocenters. The first-order chi connectivity index (χ1) is 10.4. The highest BCUT2D eigenvalue weighted by molar-refractivity contribution is 5.91. The fourth-order valence-electron chi connectivity index (χ4n) is 6.78. The van der Waals surface area contributed by atoms with Crippen LogP contribution in [0.5, 0.6) is 0 Å². The van der Waals surface area contributed by atoms with E-state index in [1.165, 1.54) is 24.8 Å². The van der Waals surface area contributed by atoms with E-state index in [4.69, 9.17) is 0 Å². The van der Waals surface area contributed by atoms with Crippen molar-refractivity contribution in [1.29, 1.82) is 0 Å². The van der Waals surface area contributed by atoms with Crippen LogP contribution in [-0.2, 0) is 9.59 Å². The van der Waals surface area contributed by atoms with E-state index in [2.05, 4.69) is 13.8 Å². The highest BCUT2D eigenvalue weighted by atomic mass is 16.1. The fourth-order valence-corrected chi connectivity index (χ4v) is 6.78. The summed E-state index contributed by atoms with van der Waals surface area (Å²) in [6.07, 6.45) is 9.71. The molecule has 0 amide bonds. The second kappa shape index (κ2) is 4.55. The zero-order chi connectivity index (χ0) is 15.7. The lowest BCUT2D eigenvalue weighted by Gasteiger charge is -2.65. The number of Topliss-reactive ketones (excluding diaryl/α,β-unsaturated/α-hetero) is 1. The van der Waals surface area contributed by atoms with Crippen molar-refractivity contribution in [3.8, 4) is 0 Å². The minimum Gasteiger partial charge on any atom is -0.300 e. The average Bonchev–Trinajstić information content (AvgIpc) is 2.44. The molecule has 0 unspecified atom stereocenters. The van der Waals surface area contributed by atoms with Crippen molar-refractivity contribution >= 4 is 11.6 Å². The lowest BCUT2D eigenvalue weighted by atomic mass is 9.38. The Morgan fingerprint density at radius 1 is 1.14 bits per heavy atom. The van der Waals surface area contributed by atoms with Gasteiger partial charge in [-0.05, 0) is 80.1 Å². The monoisotopic (exact) mass is 300 g/mol. The van der Waals surface area contributed by atoms with Gasteiger partial charge in [-0.2, -0.15) is 0 Å². The zero-order valence-electron chi connectivity index (χ0n) is 14.2. The molecular weight excluding hydrogens is 272 g/mol. The number of fused-ring (bicyclic) bond motifs is 5. The average molecular weight is 300 g/mol. The molecule has 0 heterocycles. The van der Waals surface area contributed by atoms with Gasteiger partial charge in [-0.15, -0.1) is 0 Å². The number of hydrogen-bond donors (Lipinski definition) is 0. The van der Waals surface area contributed by atoms with Crippen LogP contribution in [0.15, 0.2) is 11.6 Å². The van der Waals surface area contributed by atoms with Gasteiger partial charge >= 0.3 is 0 Å². The summed E-state index contributed by atoms with van der Waals surface area (Å²) in [5, 5.41) is 0. The van der Waals surface area contributed by atoms with Crippen molar-refractivity contribution in [3.05, 3.63) is 11.6 Å². The minimum absolute atomic E-state index is 0.263. The molecule has 3 saturated carbocycles. The van der Waals surface area contributed by atoms with Crippen molar-refractivity contribution < 1.29 is 9.59 Å². The first-order valence-corrected chi connectivity index (χ1v) is 9.10. The third-order valence-corrected chi connectivity index (χ3v) is 8.18. The van der Waals surface area contributed by atoms with E-state index >= 15 is 0 Å². The lowest BCUT2D eigenvalue weighted by molar-refractivity contribution is -0.168. The van der Waals surface area contributed by atoms with Gasteiger partial charge < -0.3 is 0 Å². The Hall–Kier alpha value is -0.920. The van der Waals surface area contributed by atoms with Gasteiger partial charge in [0.25, 0.3) is 0 Å². The molecule has 0 N–H and O–H groups in total. The number of hydrogen-bond acceptors (Lipinski definition) is 2. The third kappa shape index (κ3) is 1.73. The van der Waals surface area contributed by atoms with E-state index in [9.17, 15) is 9.59 Å². The SMILES string of the molecule is CC(=O)[C@H]1C[C@H]2[C@@H]3CCC4=CC(=O)CC[C@]4(C)[C@H]3CC[C@]12C. The molecule has 3 fully saturated rings. The molecule has 2 heteroatoms. The van der Waals surface area contributed by atoms with Crippen molar-refractivity contribution in [2.24, 2.45) is 34.5 Å². The number of ketones is 2. The summed E-state index contributed by atoms with van der Waals surface area (Å²) in [7, 11) is 0. The topological polar surface area (TPSA) is 34.1 Å². The lowest BCUT2D eigenvalue weighted by Crippen LogP contribution is -2.60. The van der Waals surface area contributed by atoms with Crippen molar-refractivity contribution in [2.75, 3.05) is 0 Å². The molecule has 0 bridgehead atoms. The largest absolute Gasteiger partial charge is 0.300 e. The molecule has 22 heavy (non-hydrogen) atoms. The summed E-state index contributed by atoms with van der Waals surface area (Å²) in [6, 6.07) is 0. The summed E-state index contributed by atoms with van der Waals surface area (Å²) in [5.41, 5.74) is 1.98. The normalized spacial score (nSPS) is 50.1. The first kappa shape index (κ1) is 14.7. The van der Waals surface area contributed by atoms with Crippen molar-refractivity contribution in [1.82, 2.24) is 0 Å². The van der Waals surface area contributed by atoms with Gasteiger partial charge in [0.15, 0.2) is 5.78 Å². The van der Waals surface area contributed by atoms with Crippen LogP contribution in [0.3, 0.4) is 0 Å². The van der Waals surface area contributed by atoms with Crippen LogP contribution in [0.1, 0.15) is 65.7 Å². The zero-order valence-corrected chi connectivity index (χ0v) is 14.2. The molecule has 120 valence electrons. The molecule has 0 aliphatic heterocycles. The second-order valence-corrected chi connectivity index (χ2v) is 8.91. The Bertz CT molecular complexity index is 574. The minimum atomic E-state index is 0.263. The number of allylic oxidation sites excluding steroid dienone is 2. The van der Waals surface area contributed by atoms with Crippen LogP contribution in [0.2, 0.25) is 0 Å². The smallest absolute Gasteiger partial charge is 0.155 e. The number of carbonyl (C=O) groups is 2. The predicted octanol–water partition coefficient (Wildman–Crippen LogP) is 4.33. The molecule has 0 spiro atoms. The molecule has 4 aliphatic rings. The Morgan fingerprint density at radius 2 is 1.91 bits per heavy atom. The van der Waals surface area contributed by atoms with Crippen LogP contribution in [0, 0.1) is 34.5 Å². The summed E-state index contributed by atoms with van der Waals surface area (Å²) < 4.78 is 0. The molecule has 4 aliphatic carbocycles. The summed E-state index contributed by atoms with van der Waals surface area (Å²) in [6.45, 7) is 6.58. The molecular formula is C20H28O2. The fraction of sp³-hybridized carbons (Fsp3) is 0.800. The molecule has 0 radical (unpaired) electrons. The standard InChI is InChI=1S/C20H28O2/c1-12(21)17-11-18-15-5-4-13-10-14(22)6-8-19(13,2)16(15)7-9-20(17,18)3/h10,15-18H,4-9,11H2,1-3H3/t15-,16+,17-,18+,19+,20-/m1/s1. The maximum Gasteiger partial charge on any atom is 0.155 e.